The Kier molecular flexibility index (Phi) is 8.41. The molecule has 276 valence electrons. The molecule has 0 saturated carbocycles. The lowest BCUT2D eigenvalue weighted by Crippen LogP contribution is -2.28. The van der Waals surface area contributed by atoms with Crippen LogP contribution in [0, 0.1) is 0 Å². The fourth-order valence-corrected chi connectivity index (χ4v) is 9.32. The molecule has 10 aromatic rings. The number of rotatable bonds is 7. The van der Waals surface area contributed by atoms with Gasteiger partial charge in [0.15, 0.2) is 5.82 Å². The Labute approximate surface area is 344 Å². The summed E-state index contributed by atoms with van der Waals surface area (Å²) in [5.41, 5.74) is 16.9. The van der Waals surface area contributed by atoms with Crippen molar-refractivity contribution >= 4 is 10.8 Å². The molecule has 0 aliphatic heterocycles. The highest BCUT2D eigenvalue weighted by atomic mass is 14.9. The quantitative estimate of drug-likeness (QED) is 0.162. The first-order valence-corrected chi connectivity index (χ1v) is 20.2. The lowest BCUT2D eigenvalue weighted by Gasteiger charge is -2.35. The zero-order valence-corrected chi connectivity index (χ0v) is 32.3. The molecule has 0 saturated heterocycles. The van der Waals surface area contributed by atoms with E-state index in [9.17, 15) is 0 Å². The maximum absolute atomic E-state index is 5.08. The normalized spacial score (nSPS) is 12.5. The summed E-state index contributed by atoms with van der Waals surface area (Å²) in [6.45, 7) is 0. The predicted molar refractivity (Wildman–Crippen MR) is 244 cm³/mol. The van der Waals surface area contributed by atoms with E-state index >= 15 is 0 Å². The second-order valence-electron chi connectivity index (χ2n) is 15.3. The second kappa shape index (κ2) is 14.4. The summed E-state index contributed by atoms with van der Waals surface area (Å²) < 4.78 is 0. The van der Waals surface area contributed by atoms with E-state index in [2.05, 4.69) is 206 Å². The summed E-state index contributed by atoms with van der Waals surface area (Å²) in [6, 6.07) is 83.1. The molecule has 2 nitrogen and oxygen atoms in total. The summed E-state index contributed by atoms with van der Waals surface area (Å²) in [6.07, 6.45) is 0. The molecule has 2 heteroatoms. The molecule has 0 radical (unpaired) electrons. The highest BCUT2D eigenvalue weighted by Crippen LogP contribution is 2.60. The molecule has 0 bridgehead atoms. The van der Waals surface area contributed by atoms with Gasteiger partial charge in [-0.05, 0) is 84.6 Å². The molecule has 59 heavy (non-hydrogen) atoms. The molecular weight excluding hydrogens is 713 g/mol. The van der Waals surface area contributed by atoms with Gasteiger partial charge in [-0.3, -0.25) is 0 Å². The lowest BCUT2D eigenvalue weighted by atomic mass is 9.66. The number of aromatic nitrogens is 2. The largest absolute Gasteiger partial charge is 0.228 e. The fraction of sp³-hybridized carbons (Fsp3) is 0.0175. The molecule has 0 spiro atoms. The van der Waals surface area contributed by atoms with Crippen LogP contribution in [-0.4, -0.2) is 9.97 Å². The third-order valence-electron chi connectivity index (χ3n) is 12.0. The minimum absolute atomic E-state index is 0.501. The van der Waals surface area contributed by atoms with Crippen molar-refractivity contribution in [1.29, 1.82) is 0 Å². The summed E-state index contributed by atoms with van der Waals surface area (Å²) in [7, 11) is 0. The van der Waals surface area contributed by atoms with Crippen molar-refractivity contribution in [2.24, 2.45) is 0 Å². The molecule has 0 amide bonds. The van der Waals surface area contributed by atoms with Crippen LogP contribution >= 0.6 is 0 Å². The van der Waals surface area contributed by atoms with Gasteiger partial charge in [0.2, 0.25) is 0 Å². The Bertz CT molecular complexity index is 3020. The third-order valence-corrected chi connectivity index (χ3v) is 12.0. The number of hydrogen-bond acceptors (Lipinski definition) is 2. The molecule has 1 heterocycles. The highest BCUT2D eigenvalue weighted by molar-refractivity contribution is 6.07. The minimum Gasteiger partial charge on any atom is -0.228 e. The zero-order valence-electron chi connectivity index (χ0n) is 32.3. The number of nitrogens with zero attached hydrogens (tertiary/aromatic N) is 2. The Balaban J connectivity index is 1.06. The predicted octanol–water partition coefficient (Wildman–Crippen LogP) is 14.3. The first-order chi connectivity index (χ1) is 29.3. The van der Waals surface area contributed by atoms with Crippen molar-refractivity contribution in [3.8, 4) is 67.3 Å². The number of benzene rings is 9. The van der Waals surface area contributed by atoms with Gasteiger partial charge in [-0.2, -0.15) is 0 Å². The first kappa shape index (κ1) is 34.6. The fourth-order valence-electron chi connectivity index (χ4n) is 9.32. The van der Waals surface area contributed by atoms with Crippen molar-refractivity contribution in [3.63, 3.8) is 0 Å². The van der Waals surface area contributed by atoms with Crippen molar-refractivity contribution in [3.05, 3.63) is 253 Å². The minimum atomic E-state index is -0.501. The monoisotopic (exact) mass is 750 g/mol. The zero-order chi connectivity index (χ0) is 39.2. The summed E-state index contributed by atoms with van der Waals surface area (Å²) in [4.78, 5) is 10.1. The average Bonchev–Trinajstić information content (AvgIpc) is 3.65. The second-order valence-corrected chi connectivity index (χ2v) is 15.3. The van der Waals surface area contributed by atoms with E-state index in [1.54, 1.807) is 0 Å². The van der Waals surface area contributed by atoms with Crippen LogP contribution in [0.3, 0.4) is 0 Å². The van der Waals surface area contributed by atoms with Crippen LogP contribution in [0.1, 0.15) is 22.3 Å². The lowest BCUT2D eigenvalue weighted by molar-refractivity contribution is 0.775. The molecule has 0 atom stereocenters. The van der Waals surface area contributed by atoms with Gasteiger partial charge in [-0.1, -0.05) is 212 Å². The molecule has 9 aromatic carbocycles. The van der Waals surface area contributed by atoms with E-state index in [1.165, 1.54) is 55.3 Å². The molecular formula is C57H38N2. The Hall–Kier alpha value is -7.68. The Morgan fingerprint density at radius 1 is 0.322 bits per heavy atom. The van der Waals surface area contributed by atoms with Crippen LogP contribution in [-0.2, 0) is 5.41 Å². The molecule has 0 N–H and O–H groups in total. The van der Waals surface area contributed by atoms with Gasteiger partial charge < -0.3 is 0 Å². The van der Waals surface area contributed by atoms with Gasteiger partial charge in [0.25, 0.3) is 0 Å². The number of fused-ring (bicyclic) bond motifs is 5. The van der Waals surface area contributed by atoms with Crippen LogP contribution < -0.4 is 0 Å². The summed E-state index contributed by atoms with van der Waals surface area (Å²) in [5, 5.41) is 2.51. The summed E-state index contributed by atoms with van der Waals surface area (Å²) >= 11 is 0. The van der Waals surface area contributed by atoms with Crippen molar-refractivity contribution in [1.82, 2.24) is 9.97 Å². The SMILES string of the molecule is c1ccc(-c2cc(-c3ccc(-c4cccc(-c5cc6ccccc6c6c5-c5ccccc5C6(c5ccccc5)c5ccccc5)c4)cc3)nc(-c3ccccc3)n2)cc1. The van der Waals surface area contributed by atoms with Gasteiger partial charge in [0, 0.05) is 16.7 Å². The number of hydrogen-bond donors (Lipinski definition) is 0. The van der Waals surface area contributed by atoms with Gasteiger partial charge >= 0.3 is 0 Å². The Morgan fingerprint density at radius 3 is 1.51 bits per heavy atom. The van der Waals surface area contributed by atoms with E-state index < -0.39 is 5.41 Å². The molecule has 0 fully saturated rings. The van der Waals surface area contributed by atoms with Gasteiger partial charge in [-0.25, -0.2) is 9.97 Å². The highest BCUT2D eigenvalue weighted by Gasteiger charge is 2.48. The Morgan fingerprint density at radius 2 is 0.831 bits per heavy atom. The van der Waals surface area contributed by atoms with Crippen LogP contribution in [0.15, 0.2) is 231 Å². The van der Waals surface area contributed by atoms with E-state index in [-0.39, 0.29) is 0 Å². The van der Waals surface area contributed by atoms with E-state index in [4.69, 9.17) is 9.97 Å². The van der Waals surface area contributed by atoms with Crippen molar-refractivity contribution < 1.29 is 0 Å². The molecule has 1 aliphatic rings. The molecule has 11 rings (SSSR count). The van der Waals surface area contributed by atoms with E-state index in [1.807, 2.05) is 24.3 Å². The van der Waals surface area contributed by atoms with E-state index in [0.29, 0.717) is 5.82 Å². The van der Waals surface area contributed by atoms with Gasteiger partial charge in [0.05, 0.1) is 16.8 Å². The standard InChI is InChI=1S/C57H38N2/c1-5-18-40(19-6-1)52-38-53(59-56(58-52)42-20-7-2-8-21-42)41-34-32-39(33-35-41)43-23-17-24-44(36-43)50-37-45-22-13-14-29-48(45)55-54(50)49-30-15-16-31-51(49)57(55,46-25-9-3-10-26-46)47-27-11-4-12-28-47/h1-38H. The van der Waals surface area contributed by atoms with Crippen LogP contribution in [0.4, 0.5) is 0 Å². The van der Waals surface area contributed by atoms with E-state index in [0.717, 1.165) is 39.2 Å². The topological polar surface area (TPSA) is 25.8 Å². The summed E-state index contributed by atoms with van der Waals surface area (Å²) in [5.74, 6) is 0.715. The van der Waals surface area contributed by atoms with Crippen LogP contribution in [0.25, 0.3) is 78.1 Å². The molecule has 0 unspecified atom stereocenters. The van der Waals surface area contributed by atoms with Crippen LogP contribution in [0.2, 0.25) is 0 Å². The van der Waals surface area contributed by atoms with Crippen molar-refractivity contribution in [2.45, 2.75) is 5.41 Å². The van der Waals surface area contributed by atoms with Gasteiger partial charge in [0.1, 0.15) is 0 Å². The first-order valence-electron chi connectivity index (χ1n) is 20.2. The van der Waals surface area contributed by atoms with Crippen molar-refractivity contribution in [2.75, 3.05) is 0 Å². The molecule has 1 aromatic heterocycles. The third kappa shape index (κ3) is 5.80. The van der Waals surface area contributed by atoms with Gasteiger partial charge in [-0.15, -0.1) is 0 Å². The smallest absolute Gasteiger partial charge is 0.160 e. The molecule has 1 aliphatic carbocycles. The average molecular weight is 751 g/mol. The van der Waals surface area contributed by atoms with Crippen LogP contribution in [0.5, 0.6) is 0 Å². The maximum atomic E-state index is 5.08. The maximum Gasteiger partial charge on any atom is 0.160 e.